The van der Waals surface area contributed by atoms with E-state index < -0.39 is 0 Å². The van der Waals surface area contributed by atoms with Crippen LogP contribution >= 0.6 is 0 Å². The second-order valence-electron chi connectivity index (χ2n) is 6.97. The minimum Gasteiger partial charge on any atom is -0.326 e. The monoisotopic (exact) mass is 241 g/mol. The van der Waals surface area contributed by atoms with Gasteiger partial charge in [0.2, 0.25) is 0 Å². The first kappa shape index (κ1) is 14.9. The molecule has 3 nitrogen and oxygen atoms in total. The van der Waals surface area contributed by atoms with Crippen molar-refractivity contribution in [1.29, 1.82) is 0 Å². The van der Waals surface area contributed by atoms with Gasteiger partial charge in [0, 0.05) is 45.3 Å². The van der Waals surface area contributed by atoms with Crippen LogP contribution in [0.3, 0.4) is 0 Å². The second-order valence-corrected chi connectivity index (χ2v) is 6.97. The standard InChI is InChI=1S/C14H31N3/c1-12(2)10-16-6-8-17(9-7-16)11-13(15)14(3,4)5/h12-13H,6-11,15H2,1-5H3. The molecule has 1 atom stereocenters. The highest BCUT2D eigenvalue weighted by Gasteiger charge is 2.25. The predicted molar refractivity (Wildman–Crippen MR) is 75.1 cm³/mol. The van der Waals surface area contributed by atoms with Crippen molar-refractivity contribution in [3.63, 3.8) is 0 Å². The van der Waals surface area contributed by atoms with Crippen molar-refractivity contribution in [3.8, 4) is 0 Å². The lowest BCUT2D eigenvalue weighted by atomic mass is 9.87. The third kappa shape index (κ3) is 5.36. The predicted octanol–water partition coefficient (Wildman–Crippen LogP) is 1.63. The Kier molecular flexibility index (Phi) is 5.42. The van der Waals surface area contributed by atoms with Gasteiger partial charge in [0.15, 0.2) is 0 Å². The lowest BCUT2D eigenvalue weighted by Gasteiger charge is -2.39. The van der Waals surface area contributed by atoms with E-state index in [0.29, 0.717) is 0 Å². The molecule has 0 aliphatic carbocycles. The van der Waals surface area contributed by atoms with E-state index in [0.717, 1.165) is 12.5 Å². The molecule has 1 heterocycles. The molecule has 2 N–H and O–H groups in total. The Balaban J connectivity index is 2.28. The molecular weight excluding hydrogens is 210 g/mol. The smallest absolute Gasteiger partial charge is 0.0217 e. The average Bonchev–Trinajstić information content (AvgIpc) is 2.18. The van der Waals surface area contributed by atoms with Gasteiger partial charge in [0.05, 0.1) is 0 Å². The van der Waals surface area contributed by atoms with E-state index in [4.69, 9.17) is 5.73 Å². The summed E-state index contributed by atoms with van der Waals surface area (Å²) in [6, 6.07) is 0.277. The molecule has 0 spiro atoms. The van der Waals surface area contributed by atoms with Gasteiger partial charge in [-0.1, -0.05) is 34.6 Å². The quantitative estimate of drug-likeness (QED) is 0.812. The van der Waals surface area contributed by atoms with Gasteiger partial charge < -0.3 is 10.6 Å². The van der Waals surface area contributed by atoms with Gasteiger partial charge in [0.25, 0.3) is 0 Å². The summed E-state index contributed by atoms with van der Waals surface area (Å²) in [5.74, 6) is 0.776. The third-order valence-corrected chi connectivity index (χ3v) is 3.66. The molecule has 0 aromatic carbocycles. The van der Waals surface area contributed by atoms with Crippen LogP contribution in [0.2, 0.25) is 0 Å². The summed E-state index contributed by atoms with van der Waals surface area (Å²) in [7, 11) is 0. The van der Waals surface area contributed by atoms with E-state index in [9.17, 15) is 0 Å². The molecule has 1 fully saturated rings. The van der Waals surface area contributed by atoms with Crippen LogP contribution in [0.4, 0.5) is 0 Å². The maximum Gasteiger partial charge on any atom is 0.0217 e. The fourth-order valence-electron chi connectivity index (χ4n) is 2.22. The Morgan fingerprint density at radius 1 is 0.941 bits per heavy atom. The maximum absolute atomic E-state index is 6.24. The van der Waals surface area contributed by atoms with E-state index in [1.165, 1.54) is 32.7 Å². The van der Waals surface area contributed by atoms with Gasteiger partial charge in [-0.15, -0.1) is 0 Å². The summed E-state index contributed by atoms with van der Waals surface area (Å²) in [5, 5.41) is 0. The summed E-state index contributed by atoms with van der Waals surface area (Å²) in [4.78, 5) is 5.09. The molecule has 1 aliphatic heterocycles. The second kappa shape index (κ2) is 6.17. The fourth-order valence-corrected chi connectivity index (χ4v) is 2.22. The van der Waals surface area contributed by atoms with E-state index in [1.54, 1.807) is 0 Å². The number of hydrogen-bond donors (Lipinski definition) is 1. The summed E-state index contributed by atoms with van der Waals surface area (Å²) in [5.41, 5.74) is 6.46. The number of nitrogens with zero attached hydrogens (tertiary/aromatic N) is 2. The number of nitrogens with two attached hydrogens (primary N) is 1. The first-order valence-corrected chi connectivity index (χ1v) is 6.99. The topological polar surface area (TPSA) is 32.5 Å². The van der Waals surface area contributed by atoms with Crippen LogP contribution in [0.1, 0.15) is 34.6 Å². The van der Waals surface area contributed by atoms with Crippen molar-refractivity contribution in [3.05, 3.63) is 0 Å². The number of rotatable bonds is 4. The first-order valence-electron chi connectivity index (χ1n) is 6.99. The molecule has 1 rings (SSSR count). The Hall–Kier alpha value is -0.120. The summed E-state index contributed by atoms with van der Waals surface area (Å²) in [6.07, 6.45) is 0. The highest BCUT2D eigenvalue weighted by Crippen LogP contribution is 2.18. The third-order valence-electron chi connectivity index (χ3n) is 3.66. The van der Waals surface area contributed by atoms with Crippen LogP contribution in [0.5, 0.6) is 0 Å². The van der Waals surface area contributed by atoms with Gasteiger partial charge in [-0.05, 0) is 11.3 Å². The molecule has 17 heavy (non-hydrogen) atoms. The SMILES string of the molecule is CC(C)CN1CCN(CC(N)C(C)(C)C)CC1. The molecule has 0 radical (unpaired) electrons. The van der Waals surface area contributed by atoms with Crippen molar-refractivity contribution in [2.24, 2.45) is 17.1 Å². The molecule has 0 bridgehead atoms. The Morgan fingerprint density at radius 3 is 1.71 bits per heavy atom. The number of hydrogen-bond acceptors (Lipinski definition) is 3. The molecule has 1 aliphatic rings. The van der Waals surface area contributed by atoms with Crippen LogP contribution in [0, 0.1) is 11.3 Å². The van der Waals surface area contributed by atoms with Gasteiger partial charge >= 0.3 is 0 Å². The van der Waals surface area contributed by atoms with Crippen molar-refractivity contribution >= 4 is 0 Å². The van der Waals surface area contributed by atoms with Gasteiger partial charge in [-0.25, -0.2) is 0 Å². The number of piperazine rings is 1. The minimum atomic E-state index is 0.217. The van der Waals surface area contributed by atoms with E-state index in [2.05, 4.69) is 44.4 Å². The highest BCUT2D eigenvalue weighted by molar-refractivity contribution is 4.82. The normalized spacial score (nSPS) is 22.1. The molecule has 1 unspecified atom stereocenters. The molecule has 102 valence electrons. The lowest BCUT2D eigenvalue weighted by molar-refractivity contribution is 0.104. The Bertz CT molecular complexity index is 212. The van der Waals surface area contributed by atoms with Gasteiger partial charge in [-0.2, -0.15) is 0 Å². The van der Waals surface area contributed by atoms with Gasteiger partial charge in [-0.3, -0.25) is 4.90 Å². The van der Waals surface area contributed by atoms with Crippen LogP contribution < -0.4 is 5.73 Å². The highest BCUT2D eigenvalue weighted by atomic mass is 15.3. The molecule has 0 amide bonds. The molecule has 0 aromatic rings. The zero-order valence-corrected chi connectivity index (χ0v) is 12.4. The Morgan fingerprint density at radius 2 is 1.35 bits per heavy atom. The molecule has 1 saturated heterocycles. The van der Waals surface area contributed by atoms with Crippen LogP contribution in [0.25, 0.3) is 0 Å². The van der Waals surface area contributed by atoms with E-state index >= 15 is 0 Å². The van der Waals surface area contributed by atoms with Crippen LogP contribution in [-0.4, -0.2) is 55.1 Å². The largest absolute Gasteiger partial charge is 0.326 e. The van der Waals surface area contributed by atoms with Crippen molar-refractivity contribution in [2.45, 2.75) is 40.7 Å². The maximum atomic E-state index is 6.24. The Labute approximate surface area is 107 Å². The van der Waals surface area contributed by atoms with Crippen molar-refractivity contribution in [1.82, 2.24) is 9.80 Å². The zero-order chi connectivity index (χ0) is 13.1. The fraction of sp³-hybridized carbons (Fsp3) is 1.00. The molecular formula is C14H31N3. The lowest BCUT2D eigenvalue weighted by Crippen LogP contribution is -2.52. The average molecular weight is 241 g/mol. The zero-order valence-electron chi connectivity index (χ0n) is 12.4. The summed E-state index contributed by atoms with van der Waals surface area (Å²) >= 11 is 0. The molecule has 3 heteroatoms. The van der Waals surface area contributed by atoms with Crippen LogP contribution in [-0.2, 0) is 0 Å². The van der Waals surface area contributed by atoms with Crippen LogP contribution in [0.15, 0.2) is 0 Å². The first-order chi connectivity index (χ1) is 7.79. The van der Waals surface area contributed by atoms with Crippen molar-refractivity contribution < 1.29 is 0 Å². The van der Waals surface area contributed by atoms with Gasteiger partial charge in [0.1, 0.15) is 0 Å². The van der Waals surface area contributed by atoms with E-state index in [-0.39, 0.29) is 11.5 Å². The van der Waals surface area contributed by atoms with E-state index in [1.807, 2.05) is 0 Å². The summed E-state index contributed by atoms with van der Waals surface area (Å²) in [6.45, 7) is 18.3. The molecule has 0 saturated carbocycles. The molecule has 0 aromatic heterocycles. The summed E-state index contributed by atoms with van der Waals surface area (Å²) < 4.78 is 0. The minimum absolute atomic E-state index is 0.217. The van der Waals surface area contributed by atoms with Crippen molar-refractivity contribution in [2.75, 3.05) is 39.3 Å².